The molecule has 148 valence electrons. The summed E-state index contributed by atoms with van der Waals surface area (Å²) in [5.74, 6) is 1.08. The summed E-state index contributed by atoms with van der Waals surface area (Å²) in [6.07, 6.45) is 1.21. The van der Waals surface area contributed by atoms with Gasteiger partial charge in [0.2, 0.25) is 0 Å². The summed E-state index contributed by atoms with van der Waals surface area (Å²) in [6.45, 7) is 5.62. The molecule has 7 heteroatoms. The predicted octanol–water partition coefficient (Wildman–Crippen LogP) is 3.49. The third-order valence-corrected chi connectivity index (χ3v) is 5.35. The largest absolute Gasteiger partial charge is 0.356 e. The van der Waals surface area contributed by atoms with Gasteiger partial charge in [-0.3, -0.25) is 4.99 Å². The molecule has 0 amide bonds. The van der Waals surface area contributed by atoms with E-state index in [4.69, 9.17) is 0 Å². The Morgan fingerprint density at radius 2 is 1.78 bits per heavy atom. The van der Waals surface area contributed by atoms with Gasteiger partial charge in [-0.2, -0.15) is 0 Å². The normalized spacial score (nSPS) is 12.8. The summed E-state index contributed by atoms with van der Waals surface area (Å²) in [6, 6.07) is 15.4. The Hall–Kier alpha value is -1.61. The average Bonchev–Trinajstić information content (AvgIpc) is 2.61. The molecular weight excluding hydrogens is 473 g/mol. The van der Waals surface area contributed by atoms with E-state index in [9.17, 15) is 8.42 Å². The van der Waals surface area contributed by atoms with Crippen LogP contribution < -0.4 is 10.6 Å². The second-order valence-corrected chi connectivity index (χ2v) is 8.55. The molecule has 0 saturated carbocycles. The van der Waals surface area contributed by atoms with Crippen LogP contribution >= 0.6 is 24.0 Å². The van der Waals surface area contributed by atoms with E-state index in [0.29, 0.717) is 17.4 Å². The van der Waals surface area contributed by atoms with Gasteiger partial charge >= 0.3 is 0 Å². The fourth-order valence-corrected chi connectivity index (χ4v) is 3.24. The van der Waals surface area contributed by atoms with Crippen LogP contribution in [0.3, 0.4) is 0 Å². The number of rotatable bonds is 6. The van der Waals surface area contributed by atoms with E-state index in [1.54, 1.807) is 19.2 Å². The lowest BCUT2D eigenvalue weighted by atomic mass is 9.99. The topological polar surface area (TPSA) is 70.6 Å². The van der Waals surface area contributed by atoms with Crippen LogP contribution in [0, 0.1) is 6.92 Å². The van der Waals surface area contributed by atoms with Crippen molar-refractivity contribution in [2.45, 2.75) is 31.2 Å². The first-order valence-corrected chi connectivity index (χ1v) is 10.5. The number of hydrogen-bond acceptors (Lipinski definition) is 3. The molecule has 0 bridgehead atoms. The molecule has 2 aromatic rings. The van der Waals surface area contributed by atoms with Crippen molar-refractivity contribution >= 4 is 39.8 Å². The van der Waals surface area contributed by atoms with Crippen LogP contribution in [-0.2, 0) is 16.4 Å². The molecule has 0 fully saturated rings. The zero-order chi connectivity index (χ0) is 19.2. The van der Waals surface area contributed by atoms with E-state index in [0.717, 1.165) is 18.1 Å². The molecule has 2 rings (SSSR count). The van der Waals surface area contributed by atoms with E-state index in [1.807, 2.05) is 12.1 Å². The first-order valence-electron chi connectivity index (χ1n) is 8.59. The molecule has 0 aromatic heterocycles. The number of nitrogens with zero attached hydrogens (tertiary/aromatic N) is 1. The van der Waals surface area contributed by atoms with Crippen molar-refractivity contribution in [2.24, 2.45) is 4.99 Å². The van der Waals surface area contributed by atoms with Crippen molar-refractivity contribution in [3.8, 4) is 0 Å². The van der Waals surface area contributed by atoms with Crippen molar-refractivity contribution in [1.29, 1.82) is 0 Å². The van der Waals surface area contributed by atoms with Gasteiger partial charge in [-0.15, -0.1) is 24.0 Å². The molecule has 0 aliphatic rings. The zero-order valence-electron chi connectivity index (χ0n) is 16.2. The van der Waals surface area contributed by atoms with Gasteiger partial charge in [-0.05, 0) is 36.1 Å². The number of aryl methyl sites for hydroxylation is 1. The van der Waals surface area contributed by atoms with Crippen LogP contribution in [0.15, 0.2) is 58.4 Å². The SMILES string of the molecule is CN=C(NCc1ccc(S(C)(=O)=O)cc1)NCC(C)c1cccc(C)c1.I. The Kier molecular flexibility index (Phi) is 9.25. The van der Waals surface area contributed by atoms with Gasteiger partial charge in [0.05, 0.1) is 4.90 Å². The van der Waals surface area contributed by atoms with Crippen LogP contribution in [-0.4, -0.2) is 34.2 Å². The monoisotopic (exact) mass is 501 g/mol. The summed E-state index contributed by atoms with van der Waals surface area (Å²) >= 11 is 0. The first-order chi connectivity index (χ1) is 12.3. The Labute approximate surface area is 179 Å². The minimum atomic E-state index is -3.16. The van der Waals surface area contributed by atoms with Crippen molar-refractivity contribution in [3.63, 3.8) is 0 Å². The molecule has 1 unspecified atom stereocenters. The molecule has 0 heterocycles. The lowest BCUT2D eigenvalue weighted by molar-refractivity contribution is 0.602. The van der Waals surface area contributed by atoms with Gasteiger partial charge in [0.1, 0.15) is 0 Å². The minimum absolute atomic E-state index is 0. The van der Waals surface area contributed by atoms with Crippen LogP contribution in [0.4, 0.5) is 0 Å². The summed E-state index contributed by atoms with van der Waals surface area (Å²) in [5.41, 5.74) is 3.55. The molecule has 2 aromatic carbocycles. The summed E-state index contributed by atoms with van der Waals surface area (Å²) in [4.78, 5) is 4.57. The fraction of sp³-hybridized carbons (Fsp3) is 0.350. The number of aliphatic imine (C=N–C) groups is 1. The van der Waals surface area contributed by atoms with Gasteiger partial charge in [0.15, 0.2) is 15.8 Å². The lowest BCUT2D eigenvalue weighted by Gasteiger charge is -2.17. The van der Waals surface area contributed by atoms with E-state index in [2.05, 4.69) is 53.7 Å². The molecule has 0 aliphatic carbocycles. The Balaban J connectivity index is 0.00000364. The van der Waals surface area contributed by atoms with E-state index < -0.39 is 9.84 Å². The number of benzene rings is 2. The van der Waals surface area contributed by atoms with Crippen molar-refractivity contribution < 1.29 is 8.42 Å². The standard InChI is InChI=1S/C20H27N3O2S.HI/c1-15-6-5-7-18(12-15)16(2)13-22-20(21-3)23-14-17-8-10-19(11-9-17)26(4,24)25;/h5-12,16H,13-14H2,1-4H3,(H2,21,22,23);1H. The molecule has 0 saturated heterocycles. The smallest absolute Gasteiger partial charge is 0.191 e. The molecule has 0 spiro atoms. The minimum Gasteiger partial charge on any atom is -0.356 e. The Bertz CT molecular complexity index is 865. The van der Waals surface area contributed by atoms with Gasteiger partial charge in [-0.25, -0.2) is 8.42 Å². The van der Waals surface area contributed by atoms with Gasteiger partial charge in [-0.1, -0.05) is 48.9 Å². The molecular formula is C20H28IN3O2S. The van der Waals surface area contributed by atoms with Crippen molar-refractivity contribution in [1.82, 2.24) is 10.6 Å². The third kappa shape index (κ3) is 7.50. The molecule has 0 aliphatic heterocycles. The highest BCUT2D eigenvalue weighted by Gasteiger charge is 2.08. The molecule has 5 nitrogen and oxygen atoms in total. The van der Waals surface area contributed by atoms with Gasteiger partial charge < -0.3 is 10.6 Å². The Morgan fingerprint density at radius 1 is 1.11 bits per heavy atom. The lowest BCUT2D eigenvalue weighted by Crippen LogP contribution is -2.38. The highest BCUT2D eigenvalue weighted by Crippen LogP contribution is 2.15. The molecule has 0 radical (unpaired) electrons. The van der Waals surface area contributed by atoms with Crippen LogP contribution in [0.2, 0.25) is 0 Å². The van der Waals surface area contributed by atoms with Crippen molar-refractivity contribution in [3.05, 3.63) is 65.2 Å². The second kappa shape index (κ2) is 10.7. The van der Waals surface area contributed by atoms with E-state index in [1.165, 1.54) is 17.4 Å². The zero-order valence-corrected chi connectivity index (χ0v) is 19.3. The van der Waals surface area contributed by atoms with Crippen molar-refractivity contribution in [2.75, 3.05) is 19.8 Å². The fourth-order valence-electron chi connectivity index (χ4n) is 2.61. The van der Waals surface area contributed by atoms with E-state index in [-0.39, 0.29) is 24.0 Å². The summed E-state index contributed by atoms with van der Waals surface area (Å²) in [7, 11) is -1.42. The molecule has 2 N–H and O–H groups in total. The highest BCUT2D eigenvalue weighted by molar-refractivity contribution is 14.0. The molecule has 27 heavy (non-hydrogen) atoms. The molecule has 1 atom stereocenters. The maximum Gasteiger partial charge on any atom is 0.191 e. The maximum atomic E-state index is 11.5. The quantitative estimate of drug-likeness (QED) is 0.361. The van der Waals surface area contributed by atoms with Gasteiger partial charge in [0.25, 0.3) is 0 Å². The average molecular weight is 501 g/mol. The number of halogens is 1. The number of nitrogens with one attached hydrogen (secondary N) is 2. The van der Waals surface area contributed by atoms with Crippen LogP contribution in [0.25, 0.3) is 0 Å². The van der Waals surface area contributed by atoms with E-state index >= 15 is 0 Å². The third-order valence-electron chi connectivity index (χ3n) is 4.22. The predicted molar refractivity (Wildman–Crippen MR) is 123 cm³/mol. The Morgan fingerprint density at radius 3 is 2.33 bits per heavy atom. The van der Waals surface area contributed by atoms with Crippen LogP contribution in [0.5, 0.6) is 0 Å². The first kappa shape index (κ1) is 23.4. The number of guanidine groups is 1. The van der Waals surface area contributed by atoms with Crippen LogP contribution in [0.1, 0.15) is 29.5 Å². The maximum absolute atomic E-state index is 11.5. The second-order valence-electron chi connectivity index (χ2n) is 6.54. The number of sulfone groups is 1. The number of hydrogen-bond donors (Lipinski definition) is 2. The van der Waals surface area contributed by atoms with Gasteiger partial charge in [0, 0.05) is 26.4 Å². The summed E-state index contributed by atoms with van der Waals surface area (Å²) in [5, 5.41) is 6.59. The summed E-state index contributed by atoms with van der Waals surface area (Å²) < 4.78 is 23.0. The highest BCUT2D eigenvalue weighted by atomic mass is 127.